The lowest BCUT2D eigenvalue weighted by molar-refractivity contribution is -0.123. The predicted octanol–water partition coefficient (Wildman–Crippen LogP) is 4.04. The Morgan fingerprint density at radius 3 is 2.26 bits per heavy atom. The van der Waals surface area contributed by atoms with Crippen molar-refractivity contribution in [3.8, 4) is 0 Å². The van der Waals surface area contributed by atoms with Crippen molar-refractivity contribution in [3.63, 3.8) is 0 Å². The summed E-state index contributed by atoms with van der Waals surface area (Å²) in [5.74, 6) is 0.148. The van der Waals surface area contributed by atoms with E-state index in [4.69, 9.17) is 20.8 Å². The van der Waals surface area contributed by atoms with Gasteiger partial charge >= 0.3 is 5.97 Å². The molecule has 0 aliphatic carbocycles. The van der Waals surface area contributed by atoms with Gasteiger partial charge in [0.2, 0.25) is 0 Å². The average Bonchev–Trinajstić information content (AvgIpc) is 2.74. The van der Waals surface area contributed by atoms with E-state index in [0.29, 0.717) is 27.8 Å². The minimum Gasteiger partial charge on any atom is -0.465 e. The lowest BCUT2D eigenvalue weighted by Gasteiger charge is -2.13. The maximum Gasteiger partial charge on any atom is 0.342 e. The Balaban J connectivity index is 2.03. The van der Waals surface area contributed by atoms with Crippen molar-refractivity contribution in [3.05, 3.63) is 51.9 Å². The van der Waals surface area contributed by atoms with Crippen molar-refractivity contribution < 1.29 is 18.7 Å². The van der Waals surface area contributed by atoms with Crippen molar-refractivity contribution in [2.24, 2.45) is 0 Å². The fourth-order valence-corrected chi connectivity index (χ4v) is 2.27. The average molecular weight is 336 g/mol. The Bertz CT molecular complexity index is 734. The Kier molecular flexibility index (Phi) is 5.11. The molecule has 6 heteroatoms. The molecule has 2 rings (SSSR count). The van der Waals surface area contributed by atoms with Crippen LogP contribution in [0.4, 0.5) is 5.69 Å². The summed E-state index contributed by atoms with van der Waals surface area (Å²) in [5.41, 5.74) is 1.67. The maximum absolute atomic E-state index is 12.2. The van der Waals surface area contributed by atoms with E-state index in [1.807, 2.05) is 0 Å². The van der Waals surface area contributed by atoms with Crippen molar-refractivity contribution in [2.75, 3.05) is 5.32 Å². The van der Waals surface area contributed by atoms with Crippen molar-refractivity contribution in [2.45, 2.75) is 33.8 Å². The molecule has 1 heterocycles. The first kappa shape index (κ1) is 17.1. The van der Waals surface area contributed by atoms with Gasteiger partial charge < -0.3 is 14.5 Å². The Labute approximate surface area is 139 Å². The van der Waals surface area contributed by atoms with E-state index < -0.39 is 18.0 Å². The summed E-state index contributed by atoms with van der Waals surface area (Å²) >= 11 is 5.79. The zero-order chi connectivity index (χ0) is 17.1. The van der Waals surface area contributed by atoms with E-state index in [1.54, 1.807) is 45.0 Å². The van der Waals surface area contributed by atoms with Crippen LogP contribution in [0.2, 0.25) is 5.02 Å². The second-order valence-corrected chi connectivity index (χ2v) is 5.69. The van der Waals surface area contributed by atoms with Gasteiger partial charge in [-0.25, -0.2) is 4.79 Å². The topological polar surface area (TPSA) is 68.5 Å². The number of rotatable bonds is 4. The van der Waals surface area contributed by atoms with Crippen LogP contribution in [0.15, 0.2) is 28.7 Å². The summed E-state index contributed by atoms with van der Waals surface area (Å²) in [7, 11) is 0. The van der Waals surface area contributed by atoms with E-state index in [2.05, 4.69) is 5.32 Å². The number of hydrogen-bond acceptors (Lipinski definition) is 4. The Morgan fingerprint density at radius 1 is 1.13 bits per heavy atom. The van der Waals surface area contributed by atoms with Gasteiger partial charge in [-0.15, -0.1) is 0 Å². The highest BCUT2D eigenvalue weighted by Crippen LogP contribution is 2.22. The summed E-state index contributed by atoms with van der Waals surface area (Å²) in [6.45, 7) is 6.76. The molecule has 1 amide bonds. The number of aryl methyl sites for hydroxylation is 2. The van der Waals surface area contributed by atoms with Gasteiger partial charge in [0.15, 0.2) is 6.10 Å². The molecule has 5 nitrogen and oxygen atoms in total. The molecular weight excluding hydrogens is 318 g/mol. The number of carbonyl (C=O) groups excluding carboxylic acids is 2. The van der Waals surface area contributed by atoms with Gasteiger partial charge in [-0.1, -0.05) is 11.6 Å². The molecule has 0 aliphatic rings. The molecule has 0 spiro atoms. The molecule has 0 unspecified atom stereocenters. The van der Waals surface area contributed by atoms with Crippen LogP contribution in [0.1, 0.15) is 34.4 Å². The second kappa shape index (κ2) is 6.87. The fraction of sp³-hybridized carbons (Fsp3) is 0.294. The van der Waals surface area contributed by atoms with Crippen LogP contribution in [0.25, 0.3) is 0 Å². The largest absolute Gasteiger partial charge is 0.465 e. The van der Waals surface area contributed by atoms with Gasteiger partial charge in [0, 0.05) is 16.3 Å². The van der Waals surface area contributed by atoms with Gasteiger partial charge in [-0.3, -0.25) is 4.79 Å². The zero-order valence-electron chi connectivity index (χ0n) is 13.4. The van der Waals surface area contributed by atoms with E-state index in [9.17, 15) is 9.59 Å². The quantitative estimate of drug-likeness (QED) is 0.856. The Morgan fingerprint density at radius 2 is 1.74 bits per heavy atom. The molecule has 1 N–H and O–H groups in total. The lowest BCUT2D eigenvalue weighted by atomic mass is 10.1. The summed E-state index contributed by atoms with van der Waals surface area (Å²) in [6.07, 6.45) is -0.938. The molecule has 122 valence electrons. The van der Waals surface area contributed by atoms with Crippen LogP contribution in [0.3, 0.4) is 0 Å². The maximum atomic E-state index is 12.2. The molecular formula is C17H18ClNO4. The van der Waals surface area contributed by atoms with Gasteiger partial charge in [0.05, 0.1) is 0 Å². The highest BCUT2D eigenvalue weighted by Gasteiger charge is 2.24. The monoisotopic (exact) mass is 335 g/mol. The number of hydrogen-bond donors (Lipinski definition) is 1. The van der Waals surface area contributed by atoms with Crippen molar-refractivity contribution >= 4 is 29.2 Å². The van der Waals surface area contributed by atoms with Gasteiger partial charge in [-0.2, -0.15) is 0 Å². The number of furan rings is 1. The molecule has 0 fully saturated rings. The van der Waals surface area contributed by atoms with Gasteiger partial charge in [0.1, 0.15) is 17.1 Å². The van der Waals surface area contributed by atoms with Crippen molar-refractivity contribution in [1.82, 2.24) is 0 Å². The van der Waals surface area contributed by atoms with Gasteiger partial charge in [-0.05, 0) is 52.0 Å². The first-order chi connectivity index (χ1) is 10.8. The molecule has 0 saturated heterocycles. The number of amides is 1. The number of esters is 1. The summed E-state index contributed by atoms with van der Waals surface area (Å²) in [6, 6.07) is 6.66. The number of benzene rings is 1. The smallest absolute Gasteiger partial charge is 0.342 e. The highest BCUT2D eigenvalue weighted by atomic mass is 35.5. The van der Waals surface area contributed by atoms with Crippen LogP contribution in [-0.4, -0.2) is 18.0 Å². The SMILES string of the molecule is Cc1oc(C)c(C(=O)O[C@H](C)C(=O)Nc2ccc(Cl)cc2)c1C. The van der Waals surface area contributed by atoms with Crippen LogP contribution >= 0.6 is 11.6 Å². The van der Waals surface area contributed by atoms with Gasteiger partial charge in [0.25, 0.3) is 5.91 Å². The third kappa shape index (κ3) is 3.93. The number of nitrogens with one attached hydrogen (secondary N) is 1. The van der Waals surface area contributed by atoms with E-state index >= 15 is 0 Å². The number of ether oxygens (including phenoxy) is 1. The van der Waals surface area contributed by atoms with Crippen molar-refractivity contribution in [1.29, 1.82) is 0 Å². The normalized spacial score (nSPS) is 11.9. The molecule has 1 atom stereocenters. The molecule has 0 saturated carbocycles. The Hall–Kier alpha value is -2.27. The third-order valence-electron chi connectivity index (χ3n) is 3.53. The van der Waals surface area contributed by atoms with Crippen LogP contribution in [0, 0.1) is 20.8 Å². The minimum atomic E-state index is -0.938. The molecule has 1 aromatic carbocycles. The fourth-order valence-electron chi connectivity index (χ4n) is 2.14. The summed E-state index contributed by atoms with van der Waals surface area (Å²) in [5, 5.41) is 3.23. The molecule has 0 radical (unpaired) electrons. The lowest BCUT2D eigenvalue weighted by Crippen LogP contribution is -2.30. The minimum absolute atomic E-state index is 0.369. The summed E-state index contributed by atoms with van der Waals surface area (Å²) in [4.78, 5) is 24.3. The number of carbonyl (C=O) groups is 2. The molecule has 2 aromatic rings. The third-order valence-corrected chi connectivity index (χ3v) is 3.78. The molecule has 0 bridgehead atoms. The van der Waals surface area contributed by atoms with Crippen LogP contribution < -0.4 is 5.32 Å². The first-order valence-corrected chi connectivity index (χ1v) is 7.51. The molecule has 1 aromatic heterocycles. The number of anilines is 1. The van der Waals surface area contributed by atoms with Crippen LogP contribution in [0.5, 0.6) is 0 Å². The highest BCUT2D eigenvalue weighted by molar-refractivity contribution is 6.30. The second-order valence-electron chi connectivity index (χ2n) is 5.26. The van der Waals surface area contributed by atoms with E-state index in [1.165, 1.54) is 6.92 Å². The first-order valence-electron chi connectivity index (χ1n) is 7.13. The number of halogens is 1. The molecule has 0 aliphatic heterocycles. The molecule has 23 heavy (non-hydrogen) atoms. The van der Waals surface area contributed by atoms with E-state index in [0.717, 1.165) is 5.56 Å². The van der Waals surface area contributed by atoms with E-state index in [-0.39, 0.29) is 0 Å². The zero-order valence-corrected chi connectivity index (χ0v) is 14.2. The van der Waals surface area contributed by atoms with Crippen LogP contribution in [-0.2, 0) is 9.53 Å². The summed E-state index contributed by atoms with van der Waals surface area (Å²) < 4.78 is 10.6. The predicted molar refractivity (Wildman–Crippen MR) is 87.9 cm³/mol. The standard InChI is InChI=1S/C17H18ClNO4/c1-9-10(2)22-11(3)15(9)17(21)23-12(4)16(20)19-14-7-5-13(18)6-8-14/h5-8,12H,1-4H3,(H,19,20)/t12-/m1/s1.